The van der Waals surface area contributed by atoms with Gasteiger partial charge in [0.2, 0.25) is 0 Å². The van der Waals surface area contributed by atoms with Crippen molar-refractivity contribution < 1.29 is 27.5 Å². The highest BCUT2D eigenvalue weighted by atomic mass is 19.3. The number of halogens is 4. The quantitative estimate of drug-likeness (QED) is 0.651. The Morgan fingerprint density at radius 3 is 2.50 bits per heavy atom. The molecule has 2 aromatic rings. The molecule has 1 aromatic carbocycles. The van der Waals surface area contributed by atoms with Crippen LogP contribution < -0.4 is 0 Å². The summed E-state index contributed by atoms with van der Waals surface area (Å²) < 4.78 is 55.5. The van der Waals surface area contributed by atoms with E-state index in [4.69, 9.17) is 0 Å². The summed E-state index contributed by atoms with van der Waals surface area (Å²) in [7, 11) is 0. The average molecular weight is 344 g/mol. The number of carbonyl (C=O) groups excluding carboxylic acids is 1. The van der Waals surface area contributed by atoms with Crippen molar-refractivity contribution in [3.8, 4) is 0 Å². The summed E-state index contributed by atoms with van der Waals surface area (Å²) in [6.45, 7) is 0.657. The monoisotopic (exact) mass is 344 g/mol. The minimum Gasteiger partial charge on any atom is -0.377 e. The van der Waals surface area contributed by atoms with Gasteiger partial charge in [-0.3, -0.25) is 4.79 Å². The molecule has 0 radical (unpaired) electrons. The fourth-order valence-corrected chi connectivity index (χ4v) is 2.50. The molecule has 1 aliphatic rings. The largest absolute Gasteiger partial charge is 0.377 e. The Morgan fingerprint density at radius 2 is 2.00 bits per heavy atom. The van der Waals surface area contributed by atoms with Crippen LogP contribution in [0.25, 0.3) is 0 Å². The van der Waals surface area contributed by atoms with Gasteiger partial charge in [-0.15, -0.1) is 0 Å². The molecule has 6 nitrogen and oxygen atoms in total. The first-order valence-electron chi connectivity index (χ1n) is 6.94. The Morgan fingerprint density at radius 1 is 1.29 bits per heavy atom. The first-order valence-corrected chi connectivity index (χ1v) is 6.94. The van der Waals surface area contributed by atoms with Gasteiger partial charge in [0.25, 0.3) is 12.3 Å². The highest BCUT2D eigenvalue weighted by Gasteiger charge is 2.55. The van der Waals surface area contributed by atoms with Crippen LogP contribution in [0, 0.1) is 11.6 Å². The fourth-order valence-electron chi connectivity index (χ4n) is 2.50. The number of aliphatic hydroxyl groups is 1. The normalized spacial score (nSPS) is 17.7. The van der Waals surface area contributed by atoms with Crippen molar-refractivity contribution in [2.45, 2.75) is 18.1 Å². The fraction of sp³-hybridized carbons (Fsp3) is 0.357. The van der Waals surface area contributed by atoms with Crippen LogP contribution >= 0.6 is 0 Å². The maximum Gasteiger partial charge on any atom is 0.273 e. The van der Waals surface area contributed by atoms with E-state index in [9.17, 15) is 27.5 Å². The molecule has 2 atom stereocenters. The molecule has 1 N–H and O–H groups in total. The molecule has 3 rings (SSSR count). The Hall–Kier alpha value is -2.49. The number of hydrogen-bond donors (Lipinski definition) is 1. The van der Waals surface area contributed by atoms with Gasteiger partial charge < -0.3 is 10.0 Å². The van der Waals surface area contributed by atoms with Crippen LogP contribution in [0.15, 0.2) is 30.9 Å². The third-order valence-corrected chi connectivity index (χ3v) is 3.81. The summed E-state index contributed by atoms with van der Waals surface area (Å²) >= 11 is 0. The SMILES string of the molecule is O=C(C(n1cncn1)C(O)(c1ccc(F)cc1F)C(F)F)N1CC1. The summed E-state index contributed by atoms with van der Waals surface area (Å²) in [5.74, 6) is -3.24. The third kappa shape index (κ3) is 2.62. The Bertz CT molecular complexity index is 751. The minimum absolute atomic E-state index is 0.329. The molecule has 1 amide bonds. The van der Waals surface area contributed by atoms with Crippen LogP contribution in [-0.2, 0) is 10.4 Å². The Kier molecular flexibility index (Phi) is 3.99. The van der Waals surface area contributed by atoms with Crippen LogP contribution in [0.2, 0.25) is 0 Å². The highest BCUT2D eigenvalue weighted by Crippen LogP contribution is 2.41. The number of alkyl halides is 2. The zero-order valence-electron chi connectivity index (χ0n) is 12.1. The van der Waals surface area contributed by atoms with Crippen molar-refractivity contribution in [3.63, 3.8) is 0 Å². The van der Waals surface area contributed by atoms with Crippen molar-refractivity contribution in [1.29, 1.82) is 0 Å². The van der Waals surface area contributed by atoms with Gasteiger partial charge in [0.1, 0.15) is 24.3 Å². The summed E-state index contributed by atoms with van der Waals surface area (Å²) in [4.78, 5) is 17.2. The van der Waals surface area contributed by atoms with E-state index >= 15 is 0 Å². The summed E-state index contributed by atoms with van der Waals surface area (Å²) in [5, 5.41) is 14.3. The third-order valence-electron chi connectivity index (χ3n) is 3.81. The number of amides is 1. The number of benzene rings is 1. The molecule has 24 heavy (non-hydrogen) atoms. The maximum absolute atomic E-state index is 14.1. The topological polar surface area (TPSA) is 71.0 Å². The van der Waals surface area contributed by atoms with Gasteiger partial charge in [-0.25, -0.2) is 27.2 Å². The minimum atomic E-state index is -3.55. The Balaban J connectivity index is 2.17. The van der Waals surface area contributed by atoms with Gasteiger partial charge in [0, 0.05) is 24.7 Å². The summed E-state index contributed by atoms with van der Waals surface area (Å²) in [6.07, 6.45) is -1.58. The number of hydrogen-bond acceptors (Lipinski definition) is 4. The smallest absolute Gasteiger partial charge is 0.273 e. The number of carbonyl (C=O) groups is 1. The standard InChI is InChI=1S/C14H12F4N4O2/c15-8-1-2-9(10(16)5-8)14(24,13(17)18)11(12(23)21-3-4-21)22-7-19-6-20-22/h1-2,5-7,11,13,24H,3-4H2. The van der Waals surface area contributed by atoms with Crippen molar-refractivity contribution in [3.05, 3.63) is 48.1 Å². The van der Waals surface area contributed by atoms with E-state index < -0.39 is 41.2 Å². The first-order chi connectivity index (χ1) is 11.4. The second kappa shape index (κ2) is 5.86. The van der Waals surface area contributed by atoms with Gasteiger partial charge in [-0.2, -0.15) is 5.10 Å². The molecular formula is C14H12F4N4O2. The summed E-state index contributed by atoms with van der Waals surface area (Å²) in [5.41, 5.74) is -4.14. The lowest BCUT2D eigenvalue weighted by Gasteiger charge is -2.35. The van der Waals surface area contributed by atoms with E-state index in [1.165, 1.54) is 4.90 Å². The van der Waals surface area contributed by atoms with Crippen LogP contribution in [0.4, 0.5) is 17.6 Å². The van der Waals surface area contributed by atoms with Crippen LogP contribution in [0.3, 0.4) is 0 Å². The van der Waals surface area contributed by atoms with E-state index in [-0.39, 0.29) is 0 Å². The predicted molar refractivity (Wildman–Crippen MR) is 71.9 cm³/mol. The van der Waals surface area contributed by atoms with Crippen LogP contribution in [0.5, 0.6) is 0 Å². The number of nitrogens with zero attached hydrogens (tertiary/aromatic N) is 4. The molecule has 1 aliphatic heterocycles. The predicted octanol–water partition coefficient (Wildman–Crippen LogP) is 1.09. The molecular weight excluding hydrogens is 332 g/mol. The zero-order valence-corrected chi connectivity index (χ0v) is 12.1. The molecule has 0 saturated carbocycles. The molecule has 0 spiro atoms. The molecule has 1 fully saturated rings. The molecule has 2 heterocycles. The second-order valence-corrected chi connectivity index (χ2v) is 5.35. The van der Waals surface area contributed by atoms with Gasteiger partial charge in [-0.05, 0) is 12.1 Å². The molecule has 0 aliphatic carbocycles. The Labute approximate surface area is 133 Å². The maximum atomic E-state index is 14.1. The lowest BCUT2D eigenvalue weighted by atomic mass is 9.85. The van der Waals surface area contributed by atoms with E-state index in [0.717, 1.165) is 23.4 Å². The lowest BCUT2D eigenvalue weighted by Crippen LogP contribution is -2.49. The van der Waals surface area contributed by atoms with Crippen molar-refractivity contribution in [1.82, 2.24) is 19.7 Å². The molecule has 1 aromatic heterocycles. The van der Waals surface area contributed by atoms with E-state index in [1.807, 2.05) is 0 Å². The molecule has 10 heteroatoms. The molecule has 0 bridgehead atoms. The van der Waals surface area contributed by atoms with Gasteiger partial charge in [0.05, 0.1) is 0 Å². The first kappa shape index (κ1) is 16.4. The van der Waals surface area contributed by atoms with Gasteiger partial charge >= 0.3 is 0 Å². The summed E-state index contributed by atoms with van der Waals surface area (Å²) in [6, 6.07) is -0.159. The van der Waals surface area contributed by atoms with E-state index in [0.29, 0.717) is 25.2 Å². The van der Waals surface area contributed by atoms with Crippen LogP contribution in [-0.4, -0.2) is 50.2 Å². The van der Waals surface area contributed by atoms with Crippen molar-refractivity contribution in [2.24, 2.45) is 0 Å². The van der Waals surface area contributed by atoms with Crippen LogP contribution in [0.1, 0.15) is 11.6 Å². The molecule has 128 valence electrons. The average Bonchev–Trinajstić information content (AvgIpc) is 3.24. The highest BCUT2D eigenvalue weighted by molar-refractivity contribution is 5.83. The van der Waals surface area contributed by atoms with Gasteiger partial charge in [-0.1, -0.05) is 0 Å². The van der Waals surface area contributed by atoms with E-state index in [1.54, 1.807) is 0 Å². The van der Waals surface area contributed by atoms with Crippen molar-refractivity contribution >= 4 is 5.91 Å². The number of aromatic nitrogens is 3. The number of rotatable bonds is 5. The zero-order chi connectivity index (χ0) is 17.5. The van der Waals surface area contributed by atoms with E-state index in [2.05, 4.69) is 10.1 Å². The van der Waals surface area contributed by atoms with Crippen molar-refractivity contribution in [2.75, 3.05) is 13.1 Å². The molecule has 2 unspecified atom stereocenters. The lowest BCUT2D eigenvalue weighted by molar-refractivity contribution is -0.163. The second-order valence-electron chi connectivity index (χ2n) is 5.35. The molecule has 1 saturated heterocycles. The van der Waals surface area contributed by atoms with Gasteiger partial charge in [0.15, 0.2) is 11.6 Å².